The van der Waals surface area contributed by atoms with Crippen LogP contribution in [0.4, 0.5) is 14.5 Å². The number of rotatable bonds is 5. The summed E-state index contributed by atoms with van der Waals surface area (Å²) in [6, 6.07) is 1.90. The van der Waals surface area contributed by atoms with Crippen LogP contribution < -0.4 is 10.5 Å². The number of nitrogens with zero attached hydrogens (tertiary/aromatic N) is 1. The molecule has 0 spiro atoms. The van der Waals surface area contributed by atoms with Crippen LogP contribution in [0.1, 0.15) is 6.42 Å². The molecule has 0 fully saturated rings. The first kappa shape index (κ1) is 12.7. The Hall–Kier alpha value is -1.36. The Kier molecular flexibility index (Phi) is 4.49. The van der Waals surface area contributed by atoms with Gasteiger partial charge in [0.2, 0.25) is 0 Å². The summed E-state index contributed by atoms with van der Waals surface area (Å²) < 4.78 is 31.4. The van der Waals surface area contributed by atoms with E-state index in [1.54, 1.807) is 0 Å². The van der Waals surface area contributed by atoms with Crippen LogP contribution in [0.25, 0.3) is 0 Å². The maximum absolute atomic E-state index is 13.2. The van der Waals surface area contributed by atoms with Crippen molar-refractivity contribution in [2.45, 2.75) is 6.42 Å². The second kappa shape index (κ2) is 5.65. The van der Waals surface area contributed by atoms with E-state index in [2.05, 4.69) is 0 Å². The van der Waals surface area contributed by atoms with E-state index in [1.807, 2.05) is 19.0 Å². The van der Waals surface area contributed by atoms with Crippen molar-refractivity contribution < 1.29 is 13.5 Å². The highest BCUT2D eigenvalue weighted by atomic mass is 19.1. The quantitative estimate of drug-likeness (QED) is 0.620. The fourth-order valence-corrected chi connectivity index (χ4v) is 1.22. The second-order valence-corrected chi connectivity index (χ2v) is 3.81. The van der Waals surface area contributed by atoms with Crippen molar-refractivity contribution in [1.82, 2.24) is 4.90 Å². The monoisotopic (exact) mass is 230 g/mol. The van der Waals surface area contributed by atoms with E-state index in [9.17, 15) is 8.78 Å². The van der Waals surface area contributed by atoms with E-state index < -0.39 is 11.6 Å². The second-order valence-electron chi connectivity index (χ2n) is 3.81. The zero-order valence-electron chi connectivity index (χ0n) is 9.46. The van der Waals surface area contributed by atoms with Gasteiger partial charge in [-0.05, 0) is 20.5 Å². The number of hydrogen-bond acceptors (Lipinski definition) is 3. The Morgan fingerprint density at radius 3 is 2.56 bits per heavy atom. The average Bonchev–Trinajstić information content (AvgIpc) is 2.19. The lowest BCUT2D eigenvalue weighted by atomic mass is 10.3. The third-order valence-corrected chi connectivity index (χ3v) is 2.06. The molecule has 0 unspecified atom stereocenters. The summed E-state index contributed by atoms with van der Waals surface area (Å²) in [4.78, 5) is 1.99. The molecule has 0 heterocycles. The van der Waals surface area contributed by atoms with Gasteiger partial charge in [0.05, 0.1) is 12.3 Å². The number of anilines is 1. The fourth-order valence-electron chi connectivity index (χ4n) is 1.22. The Bertz CT molecular complexity index is 356. The van der Waals surface area contributed by atoms with Gasteiger partial charge in [-0.3, -0.25) is 0 Å². The first-order valence-corrected chi connectivity index (χ1v) is 5.02. The van der Waals surface area contributed by atoms with Gasteiger partial charge < -0.3 is 15.4 Å². The van der Waals surface area contributed by atoms with Crippen LogP contribution in [-0.4, -0.2) is 32.1 Å². The first-order chi connectivity index (χ1) is 7.50. The summed E-state index contributed by atoms with van der Waals surface area (Å²) >= 11 is 0. The van der Waals surface area contributed by atoms with Crippen molar-refractivity contribution in [3.63, 3.8) is 0 Å². The Morgan fingerprint density at radius 1 is 1.25 bits per heavy atom. The van der Waals surface area contributed by atoms with Crippen molar-refractivity contribution in [1.29, 1.82) is 0 Å². The van der Waals surface area contributed by atoms with Gasteiger partial charge >= 0.3 is 0 Å². The van der Waals surface area contributed by atoms with Crippen LogP contribution in [0.2, 0.25) is 0 Å². The Labute approximate surface area is 93.8 Å². The van der Waals surface area contributed by atoms with Crippen LogP contribution in [0, 0.1) is 11.6 Å². The number of benzene rings is 1. The van der Waals surface area contributed by atoms with E-state index in [0.717, 1.165) is 25.1 Å². The number of nitrogen functional groups attached to an aromatic ring is 1. The van der Waals surface area contributed by atoms with E-state index in [1.165, 1.54) is 0 Å². The van der Waals surface area contributed by atoms with Gasteiger partial charge in [-0.25, -0.2) is 8.78 Å². The first-order valence-electron chi connectivity index (χ1n) is 5.02. The van der Waals surface area contributed by atoms with Gasteiger partial charge in [-0.2, -0.15) is 0 Å². The highest BCUT2D eigenvalue weighted by Gasteiger charge is 2.08. The van der Waals surface area contributed by atoms with Gasteiger partial charge in [0, 0.05) is 18.7 Å². The number of nitrogens with two attached hydrogens (primary N) is 1. The average molecular weight is 230 g/mol. The van der Waals surface area contributed by atoms with Crippen molar-refractivity contribution in [2.24, 2.45) is 0 Å². The molecule has 0 radical (unpaired) electrons. The molecule has 5 heteroatoms. The van der Waals surface area contributed by atoms with Gasteiger partial charge in [0.15, 0.2) is 11.6 Å². The smallest absolute Gasteiger partial charge is 0.167 e. The summed E-state index contributed by atoms with van der Waals surface area (Å²) in [5.41, 5.74) is 5.00. The minimum absolute atomic E-state index is 0.0922. The van der Waals surface area contributed by atoms with Crippen molar-refractivity contribution in [3.8, 4) is 5.75 Å². The highest BCUT2D eigenvalue weighted by Crippen LogP contribution is 2.22. The molecular weight excluding hydrogens is 214 g/mol. The van der Waals surface area contributed by atoms with Crippen LogP contribution >= 0.6 is 0 Å². The molecule has 0 aliphatic rings. The predicted octanol–water partition coefficient (Wildman–Crippen LogP) is 1.88. The molecule has 16 heavy (non-hydrogen) atoms. The molecule has 0 saturated heterocycles. The van der Waals surface area contributed by atoms with Gasteiger partial charge in [-0.1, -0.05) is 0 Å². The fraction of sp³-hybridized carbons (Fsp3) is 0.455. The van der Waals surface area contributed by atoms with Crippen LogP contribution in [0.15, 0.2) is 12.1 Å². The highest BCUT2D eigenvalue weighted by molar-refractivity contribution is 5.44. The summed E-state index contributed by atoms with van der Waals surface area (Å²) in [6.45, 7) is 1.18. The van der Waals surface area contributed by atoms with E-state index in [4.69, 9.17) is 10.5 Å². The zero-order chi connectivity index (χ0) is 12.1. The maximum Gasteiger partial charge on any atom is 0.167 e. The van der Waals surface area contributed by atoms with E-state index in [0.29, 0.717) is 6.61 Å². The molecule has 1 aromatic carbocycles. The number of hydrogen-bond donors (Lipinski definition) is 1. The van der Waals surface area contributed by atoms with E-state index >= 15 is 0 Å². The van der Waals surface area contributed by atoms with Crippen LogP contribution in [0.5, 0.6) is 5.75 Å². The van der Waals surface area contributed by atoms with Gasteiger partial charge in [-0.15, -0.1) is 0 Å². The van der Waals surface area contributed by atoms with Crippen molar-refractivity contribution >= 4 is 5.69 Å². The van der Waals surface area contributed by atoms with Gasteiger partial charge in [0.25, 0.3) is 0 Å². The molecule has 1 rings (SSSR count). The minimum atomic E-state index is -0.663. The largest absolute Gasteiger partial charge is 0.490 e. The lowest BCUT2D eigenvalue weighted by Crippen LogP contribution is -2.15. The summed E-state index contributed by atoms with van der Waals surface area (Å²) in [5.74, 6) is -1.39. The maximum atomic E-state index is 13.2. The molecule has 0 aliphatic heterocycles. The topological polar surface area (TPSA) is 38.5 Å². The molecule has 0 aliphatic carbocycles. The van der Waals surface area contributed by atoms with Crippen LogP contribution in [-0.2, 0) is 0 Å². The molecule has 0 amide bonds. The third kappa shape index (κ3) is 3.66. The standard InChI is InChI=1S/C11H16F2N2O/c1-15(2)4-3-5-16-11-7-8(12)10(14)6-9(11)13/h6-7H,3-5,14H2,1-2H3. The van der Waals surface area contributed by atoms with Crippen molar-refractivity contribution in [2.75, 3.05) is 33.0 Å². The molecule has 90 valence electrons. The Balaban J connectivity index is 2.51. The zero-order valence-corrected chi connectivity index (χ0v) is 9.46. The molecule has 0 saturated carbocycles. The molecule has 1 aromatic rings. The summed E-state index contributed by atoms with van der Waals surface area (Å²) in [5, 5.41) is 0. The minimum Gasteiger partial charge on any atom is -0.490 e. The molecule has 3 nitrogen and oxygen atoms in total. The van der Waals surface area contributed by atoms with Crippen molar-refractivity contribution in [3.05, 3.63) is 23.8 Å². The third-order valence-electron chi connectivity index (χ3n) is 2.06. The lowest BCUT2D eigenvalue weighted by molar-refractivity contribution is 0.270. The summed E-state index contributed by atoms with van der Waals surface area (Å²) in [6.07, 6.45) is 0.748. The molecular formula is C11H16F2N2O. The number of halogens is 2. The summed E-state index contributed by atoms with van der Waals surface area (Å²) in [7, 11) is 3.87. The molecule has 2 N–H and O–H groups in total. The Morgan fingerprint density at radius 2 is 1.94 bits per heavy atom. The predicted molar refractivity (Wildman–Crippen MR) is 59.4 cm³/mol. The van der Waals surface area contributed by atoms with Crippen LogP contribution in [0.3, 0.4) is 0 Å². The molecule has 0 aromatic heterocycles. The van der Waals surface area contributed by atoms with E-state index in [-0.39, 0.29) is 11.4 Å². The molecule has 0 atom stereocenters. The normalized spacial score (nSPS) is 10.8. The number of ether oxygens (including phenoxy) is 1. The SMILES string of the molecule is CN(C)CCCOc1cc(F)c(N)cc1F. The van der Waals surface area contributed by atoms with Gasteiger partial charge in [0.1, 0.15) is 5.82 Å². The lowest BCUT2D eigenvalue weighted by Gasteiger charge is -2.11. The molecule has 0 bridgehead atoms.